The highest BCUT2D eigenvalue weighted by molar-refractivity contribution is 7.89. The maximum Gasteiger partial charge on any atom is 0.335 e. The number of benzene rings is 1. The van der Waals surface area contributed by atoms with Gasteiger partial charge in [-0.05, 0) is 38.5 Å². The molecule has 0 aliphatic rings. The average molecular weight is 285 g/mol. The summed E-state index contributed by atoms with van der Waals surface area (Å²) in [4.78, 5) is 11.1. The lowest BCUT2D eigenvalue weighted by Gasteiger charge is -2.24. The molecule has 1 aromatic rings. The highest BCUT2D eigenvalue weighted by Crippen LogP contribution is 2.21. The Morgan fingerprint density at radius 2 is 1.95 bits per heavy atom. The van der Waals surface area contributed by atoms with Gasteiger partial charge in [0.1, 0.15) is 0 Å². The van der Waals surface area contributed by atoms with E-state index in [1.165, 1.54) is 22.5 Å². The maximum atomic E-state index is 12.4. The van der Waals surface area contributed by atoms with E-state index in [0.29, 0.717) is 12.1 Å². The number of carboxylic acid groups (broad SMARTS) is 1. The van der Waals surface area contributed by atoms with Crippen LogP contribution in [0.5, 0.6) is 0 Å². The molecule has 0 aromatic heterocycles. The molecule has 1 aromatic carbocycles. The predicted molar refractivity (Wildman–Crippen MR) is 72.8 cm³/mol. The number of hydrogen-bond acceptors (Lipinski definition) is 3. The quantitative estimate of drug-likeness (QED) is 0.899. The summed E-state index contributed by atoms with van der Waals surface area (Å²) in [6, 6.07) is 4.01. The molecule has 0 unspecified atom stereocenters. The van der Waals surface area contributed by atoms with Crippen LogP contribution < -0.4 is 0 Å². The zero-order valence-corrected chi connectivity index (χ0v) is 12.4. The third-order valence-electron chi connectivity index (χ3n) is 2.93. The lowest BCUT2D eigenvalue weighted by molar-refractivity contribution is 0.0696. The summed E-state index contributed by atoms with van der Waals surface area (Å²) in [5, 5.41) is 9.05. The van der Waals surface area contributed by atoms with Crippen molar-refractivity contribution in [2.75, 3.05) is 6.54 Å². The van der Waals surface area contributed by atoms with Crippen LogP contribution in [0.15, 0.2) is 23.1 Å². The molecule has 5 nitrogen and oxygen atoms in total. The summed E-state index contributed by atoms with van der Waals surface area (Å²) >= 11 is 0. The molecule has 1 rings (SSSR count). The molecule has 0 saturated carbocycles. The molecular formula is C13H19NO4S. The summed E-state index contributed by atoms with van der Waals surface area (Å²) < 4.78 is 26.2. The van der Waals surface area contributed by atoms with Crippen LogP contribution in [0.1, 0.15) is 36.7 Å². The number of hydrogen-bond donors (Lipinski definition) is 1. The fourth-order valence-corrected chi connectivity index (χ4v) is 3.61. The molecule has 106 valence electrons. The molecule has 0 bridgehead atoms. The first kappa shape index (κ1) is 15.7. The Kier molecular flexibility index (Phi) is 4.70. The van der Waals surface area contributed by atoms with E-state index >= 15 is 0 Å². The lowest BCUT2D eigenvalue weighted by atomic mass is 10.1. The summed E-state index contributed by atoms with van der Waals surface area (Å²) in [5.41, 5.74) is 0.555. The van der Waals surface area contributed by atoms with Gasteiger partial charge in [0.05, 0.1) is 10.5 Å². The number of carboxylic acids is 1. The second kappa shape index (κ2) is 5.71. The van der Waals surface area contributed by atoms with Crippen LogP contribution in [-0.4, -0.2) is 36.4 Å². The first-order chi connectivity index (χ1) is 8.71. The Labute approximate surface area is 113 Å². The Morgan fingerprint density at radius 3 is 2.37 bits per heavy atom. The molecule has 0 aliphatic heterocycles. The largest absolute Gasteiger partial charge is 0.478 e. The number of aromatic carboxylic acids is 1. The van der Waals surface area contributed by atoms with Gasteiger partial charge in [-0.1, -0.05) is 13.0 Å². The molecule has 0 saturated heterocycles. The topological polar surface area (TPSA) is 74.7 Å². The number of nitrogens with zero attached hydrogens (tertiary/aromatic N) is 1. The van der Waals surface area contributed by atoms with E-state index in [0.717, 1.165) is 0 Å². The van der Waals surface area contributed by atoms with Gasteiger partial charge in [0.15, 0.2) is 0 Å². The van der Waals surface area contributed by atoms with Crippen LogP contribution in [0.3, 0.4) is 0 Å². The lowest BCUT2D eigenvalue weighted by Crippen LogP contribution is -2.36. The van der Waals surface area contributed by atoms with Crippen LogP contribution in [0, 0.1) is 6.92 Å². The fourth-order valence-electron chi connectivity index (χ4n) is 1.94. The van der Waals surface area contributed by atoms with Gasteiger partial charge in [0.25, 0.3) is 0 Å². The standard InChI is InChI=1S/C13H19NO4S/c1-5-14(9(2)3)19(17,18)11-7-6-10(4)12(8-11)13(15)16/h6-9H,5H2,1-4H3,(H,15,16). The molecule has 1 N–H and O–H groups in total. The number of aryl methyl sites for hydroxylation is 1. The zero-order chi connectivity index (χ0) is 14.8. The van der Waals surface area contributed by atoms with Crippen molar-refractivity contribution < 1.29 is 18.3 Å². The van der Waals surface area contributed by atoms with Gasteiger partial charge in [0.2, 0.25) is 10.0 Å². The minimum Gasteiger partial charge on any atom is -0.478 e. The van der Waals surface area contributed by atoms with Crippen molar-refractivity contribution in [3.63, 3.8) is 0 Å². The van der Waals surface area contributed by atoms with Crippen molar-refractivity contribution >= 4 is 16.0 Å². The smallest absolute Gasteiger partial charge is 0.335 e. The molecule has 0 radical (unpaired) electrons. The Balaban J connectivity index is 3.37. The van der Waals surface area contributed by atoms with Crippen molar-refractivity contribution in [2.24, 2.45) is 0 Å². The van der Waals surface area contributed by atoms with Crippen molar-refractivity contribution in [1.29, 1.82) is 0 Å². The van der Waals surface area contributed by atoms with Gasteiger partial charge in [-0.3, -0.25) is 0 Å². The van der Waals surface area contributed by atoms with Gasteiger partial charge >= 0.3 is 5.97 Å². The molecule has 0 spiro atoms. The van der Waals surface area contributed by atoms with Gasteiger partial charge in [-0.2, -0.15) is 4.31 Å². The van der Waals surface area contributed by atoms with Crippen LogP contribution in [-0.2, 0) is 10.0 Å². The molecule has 0 atom stereocenters. The fraction of sp³-hybridized carbons (Fsp3) is 0.462. The van der Waals surface area contributed by atoms with Crippen molar-refractivity contribution in [1.82, 2.24) is 4.31 Å². The van der Waals surface area contributed by atoms with E-state index in [4.69, 9.17) is 5.11 Å². The SMILES string of the molecule is CCN(C(C)C)S(=O)(=O)c1ccc(C)c(C(=O)O)c1. The van der Waals surface area contributed by atoms with E-state index in [2.05, 4.69) is 0 Å². The molecule has 19 heavy (non-hydrogen) atoms. The summed E-state index contributed by atoms with van der Waals surface area (Å²) in [6.07, 6.45) is 0. The maximum absolute atomic E-state index is 12.4. The van der Waals surface area contributed by atoms with E-state index in [1.54, 1.807) is 27.7 Å². The summed E-state index contributed by atoms with van der Waals surface area (Å²) in [5.74, 6) is -1.12. The second-order valence-corrected chi connectivity index (χ2v) is 6.47. The van der Waals surface area contributed by atoms with E-state index in [9.17, 15) is 13.2 Å². The van der Waals surface area contributed by atoms with Crippen LogP contribution in [0.4, 0.5) is 0 Å². The highest BCUT2D eigenvalue weighted by Gasteiger charge is 2.26. The van der Waals surface area contributed by atoms with Crippen LogP contribution in [0.25, 0.3) is 0 Å². The van der Waals surface area contributed by atoms with E-state index in [-0.39, 0.29) is 16.5 Å². The van der Waals surface area contributed by atoms with Gasteiger partial charge in [-0.15, -0.1) is 0 Å². The molecule has 0 fully saturated rings. The van der Waals surface area contributed by atoms with Gasteiger partial charge in [0, 0.05) is 12.6 Å². The third kappa shape index (κ3) is 3.13. The number of sulfonamides is 1. The molecular weight excluding hydrogens is 266 g/mol. The monoisotopic (exact) mass is 285 g/mol. The van der Waals surface area contributed by atoms with E-state index in [1.807, 2.05) is 0 Å². The Bertz CT molecular complexity index is 578. The minimum absolute atomic E-state index is 0.0147. The number of carbonyl (C=O) groups is 1. The molecule has 6 heteroatoms. The molecule has 0 amide bonds. The third-order valence-corrected chi connectivity index (χ3v) is 5.08. The molecule has 0 aliphatic carbocycles. The Hall–Kier alpha value is -1.40. The zero-order valence-electron chi connectivity index (χ0n) is 11.5. The predicted octanol–water partition coefficient (Wildman–Crippen LogP) is 2.11. The number of rotatable bonds is 5. The van der Waals surface area contributed by atoms with Crippen molar-refractivity contribution in [2.45, 2.75) is 38.6 Å². The average Bonchev–Trinajstić information content (AvgIpc) is 2.28. The normalized spacial score (nSPS) is 12.1. The van der Waals surface area contributed by atoms with Crippen molar-refractivity contribution in [3.05, 3.63) is 29.3 Å². The van der Waals surface area contributed by atoms with Crippen molar-refractivity contribution in [3.8, 4) is 0 Å². The Morgan fingerprint density at radius 1 is 1.37 bits per heavy atom. The van der Waals surface area contributed by atoms with Crippen LogP contribution in [0.2, 0.25) is 0 Å². The first-order valence-electron chi connectivity index (χ1n) is 6.07. The second-order valence-electron chi connectivity index (χ2n) is 4.58. The first-order valence-corrected chi connectivity index (χ1v) is 7.51. The van der Waals surface area contributed by atoms with Gasteiger partial charge in [-0.25, -0.2) is 13.2 Å². The minimum atomic E-state index is -3.65. The summed E-state index contributed by atoms with van der Waals surface area (Å²) in [7, 11) is -3.65. The van der Waals surface area contributed by atoms with E-state index < -0.39 is 16.0 Å². The molecule has 0 heterocycles. The van der Waals surface area contributed by atoms with Crippen LogP contribution >= 0.6 is 0 Å². The highest BCUT2D eigenvalue weighted by atomic mass is 32.2. The van der Waals surface area contributed by atoms with Gasteiger partial charge < -0.3 is 5.11 Å². The summed E-state index contributed by atoms with van der Waals surface area (Å²) in [6.45, 7) is 7.31.